The molecule has 2 heterocycles. The second-order valence-electron chi connectivity index (χ2n) is 4.97. The number of likely N-dealkylation sites (tertiary alicyclic amines) is 1. The summed E-state index contributed by atoms with van der Waals surface area (Å²) < 4.78 is 0. The van der Waals surface area contributed by atoms with E-state index in [0.717, 1.165) is 6.04 Å². The predicted molar refractivity (Wildman–Crippen MR) is 64.2 cm³/mol. The Labute approximate surface area is 93.8 Å². The van der Waals surface area contributed by atoms with Gasteiger partial charge in [0, 0.05) is 32.2 Å². The molecule has 88 valence electrons. The first kappa shape index (κ1) is 11.4. The average molecular weight is 211 g/mol. The lowest BCUT2D eigenvalue weighted by atomic mass is 10.2. The standard InChI is InChI=1S/C12H25N3/c1-12-4-5-13-6-9-15(12)11-10-14-7-2-3-8-14/h12-13H,2-11H2,1H3. The van der Waals surface area contributed by atoms with E-state index in [4.69, 9.17) is 0 Å². The van der Waals surface area contributed by atoms with E-state index >= 15 is 0 Å². The molecule has 2 fully saturated rings. The van der Waals surface area contributed by atoms with Crippen LogP contribution in [0.2, 0.25) is 0 Å². The van der Waals surface area contributed by atoms with Crippen LogP contribution in [0.1, 0.15) is 26.2 Å². The molecule has 3 nitrogen and oxygen atoms in total. The molecule has 1 atom stereocenters. The Kier molecular flexibility index (Phi) is 4.42. The molecule has 2 aliphatic heterocycles. The highest BCUT2D eigenvalue weighted by atomic mass is 15.2. The summed E-state index contributed by atoms with van der Waals surface area (Å²) in [5.74, 6) is 0. The van der Waals surface area contributed by atoms with Gasteiger partial charge in [0.2, 0.25) is 0 Å². The molecule has 1 N–H and O–H groups in total. The third-order valence-corrected chi connectivity index (χ3v) is 3.84. The van der Waals surface area contributed by atoms with Gasteiger partial charge in [0.25, 0.3) is 0 Å². The van der Waals surface area contributed by atoms with Gasteiger partial charge < -0.3 is 10.2 Å². The van der Waals surface area contributed by atoms with Crippen molar-refractivity contribution in [2.24, 2.45) is 0 Å². The molecule has 0 aromatic rings. The molecule has 0 aromatic heterocycles. The first-order valence-electron chi connectivity index (χ1n) is 6.53. The highest BCUT2D eigenvalue weighted by Gasteiger charge is 2.18. The number of rotatable bonds is 3. The minimum atomic E-state index is 0.766. The quantitative estimate of drug-likeness (QED) is 0.744. The Morgan fingerprint density at radius 1 is 1.07 bits per heavy atom. The van der Waals surface area contributed by atoms with Gasteiger partial charge in [-0.25, -0.2) is 0 Å². The number of nitrogens with zero attached hydrogens (tertiary/aromatic N) is 2. The summed E-state index contributed by atoms with van der Waals surface area (Å²) in [6.45, 7) is 11.2. The summed E-state index contributed by atoms with van der Waals surface area (Å²) in [6.07, 6.45) is 4.13. The third kappa shape index (κ3) is 3.44. The third-order valence-electron chi connectivity index (χ3n) is 3.84. The van der Waals surface area contributed by atoms with Crippen molar-refractivity contribution >= 4 is 0 Å². The molecule has 3 heteroatoms. The van der Waals surface area contributed by atoms with Crippen LogP contribution in [-0.2, 0) is 0 Å². The van der Waals surface area contributed by atoms with Crippen molar-refractivity contribution in [3.8, 4) is 0 Å². The Hall–Kier alpha value is -0.120. The minimum absolute atomic E-state index is 0.766. The van der Waals surface area contributed by atoms with Crippen LogP contribution in [0.3, 0.4) is 0 Å². The highest BCUT2D eigenvalue weighted by Crippen LogP contribution is 2.09. The van der Waals surface area contributed by atoms with Crippen molar-refractivity contribution in [3.05, 3.63) is 0 Å². The van der Waals surface area contributed by atoms with Crippen LogP contribution in [-0.4, -0.2) is 61.7 Å². The van der Waals surface area contributed by atoms with Crippen LogP contribution in [0, 0.1) is 0 Å². The highest BCUT2D eigenvalue weighted by molar-refractivity contribution is 4.75. The summed E-state index contributed by atoms with van der Waals surface area (Å²) in [5.41, 5.74) is 0. The summed E-state index contributed by atoms with van der Waals surface area (Å²) in [7, 11) is 0. The van der Waals surface area contributed by atoms with Crippen LogP contribution in [0.15, 0.2) is 0 Å². The minimum Gasteiger partial charge on any atom is -0.315 e. The molecule has 1 unspecified atom stereocenters. The Morgan fingerprint density at radius 2 is 1.87 bits per heavy atom. The Balaban J connectivity index is 1.71. The van der Waals surface area contributed by atoms with Crippen LogP contribution < -0.4 is 5.32 Å². The lowest BCUT2D eigenvalue weighted by Crippen LogP contribution is -2.40. The fourth-order valence-electron chi connectivity index (χ4n) is 2.67. The van der Waals surface area contributed by atoms with Crippen molar-refractivity contribution < 1.29 is 0 Å². The van der Waals surface area contributed by atoms with Gasteiger partial charge in [-0.2, -0.15) is 0 Å². The van der Waals surface area contributed by atoms with Gasteiger partial charge in [-0.1, -0.05) is 0 Å². The molecule has 2 aliphatic rings. The van der Waals surface area contributed by atoms with Crippen molar-refractivity contribution in [2.75, 3.05) is 45.8 Å². The summed E-state index contributed by atoms with van der Waals surface area (Å²) >= 11 is 0. The molecule has 0 radical (unpaired) electrons. The largest absolute Gasteiger partial charge is 0.315 e. The van der Waals surface area contributed by atoms with Crippen molar-refractivity contribution in [3.63, 3.8) is 0 Å². The lowest BCUT2D eigenvalue weighted by molar-refractivity contribution is 0.188. The topological polar surface area (TPSA) is 18.5 Å². The first-order chi connectivity index (χ1) is 7.36. The van der Waals surface area contributed by atoms with Gasteiger partial charge in [0.15, 0.2) is 0 Å². The molecule has 0 aliphatic carbocycles. The molecule has 2 rings (SSSR count). The normalized spacial score (nSPS) is 30.6. The van der Waals surface area contributed by atoms with Crippen molar-refractivity contribution in [2.45, 2.75) is 32.2 Å². The van der Waals surface area contributed by atoms with Gasteiger partial charge in [-0.05, 0) is 45.8 Å². The van der Waals surface area contributed by atoms with E-state index in [2.05, 4.69) is 22.0 Å². The molecule has 0 saturated carbocycles. The molecule has 2 saturated heterocycles. The fourth-order valence-corrected chi connectivity index (χ4v) is 2.67. The van der Waals surface area contributed by atoms with Gasteiger partial charge in [0.1, 0.15) is 0 Å². The molecular formula is C12H25N3. The van der Waals surface area contributed by atoms with Gasteiger partial charge in [-0.15, -0.1) is 0 Å². The van der Waals surface area contributed by atoms with Crippen molar-refractivity contribution in [1.29, 1.82) is 0 Å². The monoisotopic (exact) mass is 211 g/mol. The zero-order valence-corrected chi connectivity index (χ0v) is 10.0. The number of hydrogen-bond donors (Lipinski definition) is 1. The smallest absolute Gasteiger partial charge is 0.0113 e. The maximum atomic E-state index is 3.48. The van der Waals surface area contributed by atoms with E-state index in [9.17, 15) is 0 Å². The van der Waals surface area contributed by atoms with E-state index in [1.807, 2.05) is 0 Å². The molecular weight excluding hydrogens is 186 g/mol. The molecule has 0 bridgehead atoms. The SMILES string of the molecule is CC1CCNCCN1CCN1CCCC1. The Morgan fingerprint density at radius 3 is 2.67 bits per heavy atom. The van der Waals surface area contributed by atoms with E-state index < -0.39 is 0 Å². The van der Waals surface area contributed by atoms with Crippen LogP contribution in [0.25, 0.3) is 0 Å². The van der Waals surface area contributed by atoms with Crippen LogP contribution in [0.4, 0.5) is 0 Å². The van der Waals surface area contributed by atoms with Crippen molar-refractivity contribution in [1.82, 2.24) is 15.1 Å². The van der Waals surface area contributed by atoms with Crippen LogP contribution >= 0.6 is 0 Å². The van der Waals surface area contributed by atoms with E-state index in [1.54, 1.807) is 0 Å². The lowest BCUT2D eigenvalue weighted by Gasteiger charge is -2.28. The van der Waals surface area contributed by atoms with Crippen LogP contribution in [0.5, 0.6) is 0 Å². The average Bonchev–Trinajstić information content (AvgIpc) is 2.67. The molecule has 15 heavy (non-hydrogen) atoms. The fraction of sp³-hybridized carbons (Fsp3) is 1.00. The van der Waals surface area contributed by atoms with Gasteiger partial charge in [0.05, 0.1) is 0 Å². The summed E-state index contributed by atoms with van der Waals surface area (Å²) in [5, 5.41) is 3.48. The van der Waals surface area contributed by atoms with E-state index in [0.29, 0.717) is 0 Å². The predicted octanol–water partition coefficient (Wildman–Crippen LogP) is 0.766. The first-order valence-corrected chi connectivity index (χ1v) is 6.53. The maximum absolute atomic E-state index is 3.48. The zero-order chi connectivity index (χ0) is 10.5. The van der Waals surface area contributed by atoms with E-state index in [-0.39, 0.29) is 0 Å². The zero-order valence-electron chi connectivity index (χ0n) is 10.0. The molecule has 0 aromatic carbocycles. The molecule has 0 spiro atoms. The summed E-state index contributed by atoms with van der Waals surface area (Å²) in [4.78, 5) is 5.27. The van der Waals surface area contributed by atoms with Gasteiger partial charge in [-0.3, -0.25) is 4.90 Å². The molecule has 0 amide bonds. The van der Waals surface area contributed by atoms with E-state index in [1.165, 1.54) is 65.1 Å². The van der Waals surface area contributed by atoms with Gasteiger partial charge >= 0.3 is 0 Å². The number of hydrogen-bond acceptors (Lipinski definition) is 3. The summed E-state index contributed by atoms with van der Waals surface area (Å²) in [6, 6.07) is 0.766. The number of nitrogens with one attached hydrogen (secondary N) is 1. The second-order valence-corrected chi connectivity index (χ2v) is 4.97. The second kappa shape index (κ2) is 5.83. The maximum Gasteiger partial charge on any atom is 0.0113 e. The Bertz CT molecular complexity index is 178.